The number of hydrogen-bond donors (Lipinski definition) is 0. The fourth-order valence-corrected chi connectivity index (χ4v) is 4.28. The van der Waals surface area contributed by atoms with Gasteiger partial charge in [0.25, 0.3) is 0 Å². The van der Waals surface area contributed by atoms with Crippen LogP contribution in [-0.2, 0) is 0 Å². The quantitative estimate of drug-likeness (QED) is 0.100. The molecule has 5 rings (SSSR count). The summed E-state index contributed by atoms with van der Waals surface area (Å²) in [6.45, 7) is 0. The maximum atomic E-state index is 14.9. The van der Waals surface area contributed by atoms with Crippen LogP contribution in [0.1, 0.15) is 0 Å². The molecule has 0 unspecified atom stereocenters. The molecule has 0 heterocycles. The zero-order valence-corrected chi connectivity index (χ0v) is 17.1. The summed E-state index contributed by atoms with van der Waals surface area (Å²) in [5.74, 6) is -17.7. The Labute approximate surface area is 190 Å². The predicted molar refractivity (Wildman–Crippen MR) is 112 cm³/mol. The molecule has 0 aliphatic rings. The third-order valence-electron chi connectivity index (χ3n) is 5.75. The van der Waals surface area contributed by atoms with Gasteiger partial charge in [-0.2, -0.15) is 0 Å². The molecule has 0 radical (unpaired) electrons. The first-order valence-corrected chi connectivity index (χ1v) is 9.93. The van der Waals surface area contributed by atoms with Gasteiger partial charge in [-0.15, -0.1) is 0 Å². The van der Waals surface area contributed by atoms with Gasteiger partial charge in [0.1, 0.15) is 0 Å². The summed E-state index contributed by atoms with van der Waals surface area (Å²) in [7, 11) is 0. The van der Waals surface area contributed by atoms with Gasteiger partial charge in [0, 0.05) is 17.2 Å². The van der Waals surface area contributed by atoms with Gasteiger partial charge < -0.3 is 0 Å². The van der Waals surface area contributed by atoms with Crippen LogP contribution < -0.4 is 0 Å². The summed E-state index contributed by atoms with van der Waals surface area (Å²) < 4.78 is 129. The predicted octanol–water partition coefficient (Wildman–Crippen LogP) is 8.58. The third kappa shape index (κ3) is 3.18. The zero-order chi connectivity index (χ0) is 25.2. The molecule has 0 fully saturated rings. The highest BCUT2D eigenvalue weighted by molar-refractivity contribution is 6.21. The fourth-order valence-electron chi connectivity index (χ4n) is 4.28. The lowest BCUT2D eigenvalue weighted by atomic mass is 9.85. The number of benzene rings is 5. The normalized spacial score (nSPS) is 11.6. The van der Waals surface area contributed by atoms with Crippen LogP contribution in [0.5, 0.6) is 0 Å². The first kappa shape index (κ1) is 22.8. The molecule has 5 aromatic rings. The van der Waals surface area contributed by atoms with Crippen LogP contribution in [-0.4, -0.2) is 0 Å². The second-order valence-electron chi connectivity index (χ2n) is 7.63. The van der Waals surface area contributed by atoms with E-state index in [2.05, 4.69) is 0 Å². The van der Waals surface area contributed by atoms with E-state index in [0.29, 0.717) is 0 Å². The molecule has 0 saturated carbocycles. The molecule has 176 valence electrons. The second-order valence-corrected chi connectivity index (χ2v) is 7.63. The van der Waals surface area contributed by atoms with Crippen molar-refractivity contribution in [3.8, 4) is 22.3 Å². The molecule has 0 aromatic heterocycles. The molecule has 0 spiro atoms. The number of halogens is 9. The highest BCUT2D eigenvalue weighted by Crippen LogP contribution is 2.47. The van der Waals surface area contributed by atoms with Gasteiger partial charge in [-0.25, -0.2) is 39.5 Å². The minimum atomic E-state index is -2.35. The van der Waals surface area contributed by atoms with E-state index < -0.39 is 69.0 Å². The topological polar surface area (TPSA) is 0 Å². The van der Waals surface area contributed by atoms with Gasteiger partial charge in [0.15, 0.2) is 46.5 Å². The largest absolute Gasteiger partial charge is 0.204 e. The van der Waals surface area contributed by atoms with Gasteiger partial charge in [0.05, 0.1) is 11.1 Å². The molecular weight excluding hydrogens is 483 g/mol. The minimum Gasteiger partial charge on any atom is -0.204 e. The lowest BCUT2D eigenvalue weighted by Gasteiger charge is -2.19. The van der Waals surface area contributed by atoms with Crippen molar-refractivity contribution in [2.45, 2.75) is 0 Å². The summed E-state index contributed by atoms with van der Waals surface area (Å²) in [5, 5.41) is -0.637. The van der Waals surface area contributed by atoms with Crippen LogP contribution in [0.15, 0.2) is 54.6 Å². The van der Waals surface area contributed by atoms with Crippen molar-refractivity contribution in [1.82, 2.24) is 0 Å². The van der Waals surface area contributed by atoms with Gasteiger partial charge >= 0.3 is 0 Å². The van der Waals surface area contributed by atoms with E-state index in [1.165, 1.54) is 48.5 Å². The molecule has 0 N–H and O–H groups in total. The molecule has 0 saturated heterocycles. The molecule has 0 aliphatic heterocycles. The van der Waals surface area contributed by atoms with E-state index in [4.69, 9.17) is 0 Å². The van der Waals surface area contributed by atoms with Crippen LogP contribution >= 0.6 is 0 Å². The van der Waals surface area contributed by atoms with E-state index in [1.807, 2.05) is 0 Å². The smallest absolute Gasteiger partial charge is 0.200 e. The average molecular weight is 492 g/mol. The number of hydrogen-bond acceptors (Lipinski definition) is 0. The van der Waals surface area contributed by atoms with E-state index >= 15 is 0 Å². The van der Waals surface area contributed by atoms with Crippen molar-refractivity contribution in [3.63, 3.8) is 0 Å². The summed E-state index contributed by atoms with van der Waals surface area (Å²) in [6.07, 6.45) is 0. The van der Waals surface area contributed by atoms with Crippen LogP contribution in [0, 0.1) is 52.4 Å². The second kappa shape index (κ2) is 8.04. The Balaban J connectivity index is 2.08. The monoisotopic (exact) mass is 492 g/mol. The number of rotatable bonds is 2. The standard InChI is InChI=1S/C26H9F9/c27-14-9-15(28)21(30)18(20(14)29)16-10-5-1-3-7-12(10)17(13-8-4-2-6-11(13)16)19-22(31)24(33)26(35)25(34)23(19)32/h1-9H. The molecule has 0 atom stereocenters. The van der Waals surface area contributed by atoms with Gasteiger partial charge in [-0.05, 0) is 21.5 Å². The van der Waals surface area contributed by atoms with Crippen molar-refractivity contribution in [2.75, 3.05) is 0 Å². The summed E-state index contributed by atoms with van der Waals surface area (Å²) in [4.78, 5) is 0. The molecule has 35 heavy (non-hydrogen) atoms. The molecule has 0 bridgehead atoms. The molecule has 0 aliphatic carbocycles. The Kier molecular flexibility index (Phi) is 5.23. The fraction of sp³-hybridized carbons (Fsp3) is 0. The van der Waals surface area contributed by atoms with Gasteiger partial charge in [0.2, 0.25) is 5.82 Å². The van der Waals surface area contributed by atoms with Crippen molar-refractivity contribution in [2.24, 2.45) is 0 Å². The maximum Gasteiger partial charge on any atom is 0.200 e. The van der Waals surface area contributed by atoms with E-state index in [0.717, 1.165) is 0 Å². The highest BCUT2D eigenvalue weighted by Gasteiger charge is 2.31. The van der Waals surface area contributed by atoms with Crippen molar-refractivity contribution in [3.05, 3.63) is 107 Å². The Morgan fingerprint density at radius 2 is 0.600 bits per heavy atom. The summed E-state index contributed by atoms with van der Waals surface area (Å²) >= 11 is 0. The van der Waals surface area contributed by atoms with Gasteiger partial charge in [-0.3, -0.25) is 0 Å². The highest BCUT2D eigenvalue weighted by atomic mass is 19.2. The van der Waals surface area contributed by atoms with E-state index in [-0.39, 0.29) is 33.2 Å². The molecule has 0 nitrogen and oxygen atoms in total. The Morgan fingerprint density at radius 1 is 0.314 bits per heavy atom. The minimum absolute atomic E-state index is 0.0295. The summed E-state index contributed by atoms with van der Waals surface area (Å²) in [5.41, 5.74) is -3.16. The number of fused-ring (bicyclic) bond motifs is 2. The Morgan fingerprint density at radius 3 is 0.943 bits per heavy atom. The Bertz CT molecular complexity index is 1580. The van der Waals surface area contributed by atoms with Crippen LogP contribution in [0.3, 0.4) is 0 Å². The summed E-state index contributed by atoms with van der Waals surface area (Å²) in [6, 6.07) is 10.4. The van der Waals surface area contributed by atoms with E-state index in [9.17, 15) is 39.5 Å². The van der Waals surface area contributed by atoms with Crippen LogP contribution in [0.4, 0.5) is 39.5 Å². The zero-order valence-electron chi connectivity index (χ0n) is 17.1. The molecule has 5 aromatic carbocycles. The SMILES string of the molecule is Fc1cc(F)c(F)c(-c2c3ccccc3c(-c3c(F)c(F)c(F)c(F)c3F)c3ccccc23)c1F. The molecule has 9 heteroatoms. The van der Waals surface area contributed by atoms with E-state index in [1.54, 1.807) is 0 Å². The van der Waals surface area contributed by atoms with Crippen LogP contribution in [0.25, 0.3) is 43.8 Å². The lowest BCUT2D eigenvalue weighted by Crippen LogP contribution is -2.05. The first-order valence-electron chi connectivity index (χ1n) is 9.93. The first-order chi connectivity index (χ1) is 16.6. The lowest BCUT2D eigenvalue weighted by molar-refractivity contribution is 0.381. The van der Waals surface area contributed by atoms with Crippen molar-refractivity contribution in [1.29, 1.82) is 0 Å². The Hall–Kier alpha value is -4.01. The van der Waals surface area contributed by atoms with Gasteiger partial charge in [-0.1, -0.05) is 48.5 Å². The average Bonchev–Trinajstić information content (AvgIpc) is 2.86. The van der Waals surface area contributed by atoms with Crippen molar-refractivity contribution >= 4 is 21.5 Å². The molecular formula is C26H9F9. The molecule has 0 amide bonds. The van der Waals surface area contributed by atoms with Crippen molar-refractivity contribution < 1.29 is 39.5 Å². The van der Waals surface area contributed by atoms with Crippen LogP contribution in [0.2, 0.25) is 0 Å². The maximum absolute atomic E-state index is 14.9. The third-order valence-corrected chi connectivity index (χ3v) is 5.75.